The fourth-order valence-corrected chi connectivity index (χ4v) is 1.34. The van der Waals surface area contributed by atoms with E-state index in [1.54, 1.807) is 6.92 Å². The van der Waals surface area contributed by atoms with Crippen LogP contribution in [0.25, 0.3) is 0 Å². The van der Waals surface area contributed by atoms with E-state index in [2.05, 4.69) is 5.32 Å². The first-order chi connectivity index (χ1) is 6.72. The molecule has 0 radical (unpaired) electrons. The first-order valence-corrected chi connectivity index (χ1v) is 5.20. The van der Waals surface area contributed by atoms with Crippen molar-refractivity contribution in [2.24, 2.45) is 5.41 Å². The number of carbonyl (C=O) groups is 1. The Bertz CT molecular complexity index is 190. The van der Waals surface area contributed by atoms with Crippen molar-refractivity contribution in [3.05, 3.63) is 0 Å². The number of aliphatic hydroxyl groups excluding tert-OH is 1. The fraction of sp³-hybridized carbons (Fsp3) is 0.900. The van der Waals surface area contributed by atoms with Crippen LogP contribution < -0.4 is 5.32 Å². The maximum atomic E-state index is 10.9. The van der Waals surface area contributed by atoms with E-state index in [0.29, 0.717) is 19.6 Å². The van der Waals surface area contributed by atoms with Gasteiger partial charge in [0.2, 0.25) is 0 Å². The van der Waals surface area contributed by atoms with Crippen molar-refractivity contribution >= 4 is 5.97 Å². The molecule has 1 aliphatic carbocycles. The first kappa shape index (κ1) is 11.5. The van der Waals surface area contributed by atoms with Crippen molar-refractivity contribution in [1.82, 2.24) is 5.32 Å². The minimum absolute atomic E-state index is 0.120. The molecule has 0 amide bonds. The number of hydrogen-bond acceptors (Lipinski definition) is 4. The Hall–Kier alpha value is -0.610. The van der Waals surface area contributed by atoms with Crippen LogP contribution in [-0.4, -0.2) is 37.4 Å². The van der Waals surface area contributed by atoms with Gasteiger partial charge in [0.15, 0.2) is 0 Å². The summed E-state index contributed by atoms with van der Waals surface area (Å²) in [6.07, 6.45) is 2.60. The fourth-order valence-electron chi connectivity index (χ4n) is 1.34. The van der Waals surface area contributed by atoms with Gasteiger partial charge in [0.25, 0.3) is 0 Å². The lowest BCUT2D eigenvalue weighted by Gasteiger charge is -2.11. The van der Waals surface area contributed by atoms with E-state index in [0.717, 1.165) is 19.4 Å². The quantitative estimate of drug-likeness (QED) is 0.459. The van der Waals surface area contributed by atoms with Gasteiger partial charge in [-0.25, -0.2) is 0 Å². The average Bonchev–Trinajstić information content (AvgIpc) is 2.94. The van der Waals surface area contributed by atoms with Gasteiger partial charge in [-0.15, -0.1) is 0 Å². The molecule has 0 atom stereocenters. The molecular formula is C10H19NO3. The summed E-state index contributed by atoms with van der Waals surface area (Å²) < 4.78 is 4.79. The lowest BCUT2D eigenvalue weighted by Crippen LogP contribution is -2.28. The van der Waals surface area contributed by atoms with Gasteiger partial charge in [-0.2, -0.15) is 0 Å². The minimum atomic E-state index is -0.158. The summed E-state index contributed by atoms with van der Waals surface area (Å²) >= 11 is 0. The van der Waals surface area contributed by atoms with Gasteiger partial charge >= 0.3 is 5.97 Å². The standard InChI is InChI=1S/C10H19NO3/c1-2-14-9(13)3-6-11-7-10(8-12)4-5-10/h11-12H,2-8H2,1H3. The van der Waals surface area contributed by atoms with E-state index in [9.17, 15) is 4.79 Å². The minimum Gasteiger partial charge on any atom is -0.466 e. The summed E-state index contributed by atoms with van der Waals surface area (Å²) in [6.45, 7) is 3.94. The Morgan fingerprint density at radius 3 is 2.79 bits per heavy atom. The molecular weight excluding hydrogens is 182 g/mol. The van der Waals surface area contributed by atoms with Gasteiger partial charge in [-0.3, -0.25) is 4.79 Å². The molecule has 14 heavy (non-hydrogen) atoms. The van der Waals surface area contributed by atoms with Crippen LogP contribution in [0.5, 0.6) is 0 Å². The topological polar surface area (TPSA) is 58.6 Å². The van der Waals surface area contributed by atoms with Crippen LogP contribution in [0, 0.1) is 5.41 Å². The third-order valence-electron chi connectivity index (χ3n) is 2.60. The highest BCUT2D eigenvalue weighted by Gasteiger charge is 2.41. The lowest BCUT2D eigenvalue weighted by atomic mass is 10.1. The van der Waals surface area contributed by atoms with Crippen molar-refractivity contribution in [2.75, 3.05) is 26.3 Å². The van der Waals surface area contributed by atoms with E-state index in [1.165, 1.54) is 0 Å². The highest BCUT2D eigenvalue weighted by atomic mass is 16.5. The molecule has 0 heterocycles. The molecule has 0 aromatic carbocycles. The van der Waals surface area contributed by atoms with Crippen molar-refractivity contribution in [2.45, 2.75) is 26.2 Å². The molecule has 1 rings (SSSR count). The molecule has 1 saturated carbocycles. The lowest BCUT2D eigenvalue weighted by molar-refractivity contribution is -0.142. The van der Waals surface area contributed by atoms with Gasteiger partial charge in [0.05, 0.1) is 13.0 Å². The molecule has 0 aromatic rings. The predicted molar refractivity (Wildman–Crippen MR) is 52.9 cm³/mol. The molecule has 0 aliphatic heterocycles. The van der Waals surface area contributed by atoms with Gasteiger partial charge in [-0.1, -0.05) is 0 Å². The van der Waals surface area contributed by atoms with Crippen molar-refractivity contribution in [3.8, 4) is 0 Å². The molecule has 4 heteroatoms. The molecule has 1 fully saturated rings. The highest BCUT2D eigenvalue weighted by molar-refractivity contribution is 5.69. The third kappa shape index (κ3) is 3.64. The van der Waals surface area contributed by atoms with E-state index in [-0.39, 0.29) is 18.0 Å². The van der Waals surface area contributed by atoms with E-state index < -0.39 is 0 Å². The monoisotopic (exact) mass is 201 g/mol. The molecule has 1 aliphatic rings. The second-order valence-electron chi connectivity index (χ2n) is 3.89. The van der Waals surface area contributed by atoms with E-state index >= 15 is 0 Å². The smallest absolute Gasteiger partial charge is 0.307 e. The summed E-state index contributed by atoms with van der Waals surface area (Å²) in [5.41, 5.74) is 0.120. The number of esters is 1. The number of aliphatic hydroxyl groups is 1. The predicted octanol–water partition coefficient (Wildman–Crippen LogP) is 0.302. The van der Waals surface area contributed by atoms with Crippen LogP contribution >= 0.6 is 0 Å². The molecule has 2 N–H and O–H groups in total. The van der Waals surface area contributed by atoms with Crippen LogP contribution in [0.3, 0.4) is 0 Å². The summed E-state index contributed by atoms with van der Waals surface area (Å²) in [7, 11) is 0. The van der Waals surface area contributed by atoms with Gasteiger partial charge < -0.3 is 15.2 Å². The normalized spacial score (nSPS) is 17.9. The molecule has 4 nitrogen and oxygen atoms in total. The van der Waals surface area contributed by atoms with E-state index in [1.807, 2.05) is 0 Å². The zero-order valence-electron chi connectivity index (χ0n) is 8.71. The number of ether oxygens (including phenoxy) is 1. The highest BCUT2D eigenvalue weighted by Crippen LogP contribution is 2.44. The number of hydrogen-bond donors (Lipinski definition) is 2. The zero-order chi connectivity index (χ0) is 10.4. The summed E-state index contributed by atoms with van der Waals surface area (Å²) in [6, 6.07) is 0. The maximum absolute atomic E-state index is 10.9. The van der Waals surface area contributed by atoms with Crippen LogP contribution in [-0.2, 0) is 9.53 Å². The first-order valence-electron chi connectivity index (χ1n) is 5.20. The third-order valence-corrected chi connectivity index (χ3v) is 2.60. The van der Waals surface area contributed by atoms with Crippen molar-refractivity contribution in [1.29, 1.82) is 0 Å². The SMILES string of the molecule is CCOC(=O)CCNCC1(CO)CC1. The Balaban J connectivity index is 1.97. The van der Waals surface area contributed by atoms with Crippen LogP contribution in [0.2, 0.25) is 0 Å². The Kier molecular flexibility index (Phi) is 4.35. The number of nitrogens with one attached hydrogen (secondary N) is 1. The summed E-state index contributed by atoms with van der Waals surface area (Å²) in [5.74, 6) is -0.158. The molecule has 0 aromatic heterocycles. The van der Waals surface area contributed by atoms with Gasteiger partial charge in [-0.05, 0) is 19.8 Å². The summed E-state index contributed by atoms with van der Waals surface area (Å²) in [5, 5.41) is 12.2. The molecule has 0 saturated heterocycles. The molecule has 0 bridgehead atoms. The molecule has 82 valence electrons. The van der Waals surface area contributed by atoms with Gasteiger partial charge in [0, 0.05) is 25.1 Å². The largest absolute Gasteiger partial charge is 0.466 e. The molecule has 0 unspecified atom stereocenters. The second kappa shape index (κ2) is 5.32. The Morgan fingerprint density at radius 1 is 1.57 bits per heavy atom. The van der Waals surface area contributed by atoms with Crippen molar-refractivity contribution in [3.63, 3.8) is 0 Å². The number of rotatable bonds is 7. The summed E-state index contributed by atoms with van der Waals surface area (Å²) in [4.78, 5) is 10.9. The maximum Gasteiger partial charge on any atom is 0.307 e. The van der Waals surface area contributed by atoms with Crippen LogP contribution in [0.15, 0.2) is 0 Å². The number of carbonyl (C=O) groups excluding carboxylic acids is 1. The molecule has 0 spiro atoms. The van der Waals surface area contributed by atoms with Gasteiger partial charge in [0.1, 0.15) is 0 Å². The Labute approximate surface area is 84.6 Å². The second-order valence-corrected chi connectivity index (χ2v) is 3.89. The van der Waals surface area contributed by atoms with Crippen molar-refractivity contribution < 1.29 is 14.6 Å². The Morgan fingerprint density at radius 2 is 2.29 bits per heavy atom. The van der Waals surface area contributed by atoms with Crippen LogP contribution in [0.1, 0.15) is 26.2 Å². The van der Waals surface area contributed by atoms with E-state index in [4.69, 9.17) is 9.84 Å². The zero-order valence-corrected chi connectivity index (χ0v) is 8.71. The van der Waals surface area contributed by atoms with Crippen LogP contribution in [0.4, 0.5) is 0 Å². The average molecular weight is 201 g/mol.